The van der Waals surface area contributed by atoms with Gasteiger partial charge in [-0.15, -0.1) is 0 Å². The summed E-state index contributed by atoms with van der Waals surface area (Å²) in [5.41, 5.74) is 0. The smallest absolute Gasteiger partial charge is 0.306 e. The molecule has 0 amide bonds. The quantitative estimate of drug-likeness (QED) is 0.251. The highest BCUT2D eigenvalue weighted by Gasteiger charge is 1.93. The predicted molar refractivity (Wildman–Crippen MR) is 29.7 cm³/mol. The molecule has 10 heavy (non-hydrogen) atoms. The van der Waals surface area contributed by atoms with Gasteiger partial charge in [-0.3, -0.25) is 9.68 Å². The molecule has 5 heteroatoms. The summed E-state index contributed by atoms with van der Waals surface area (Å²) in [4.78, 5) is 13.1. The Labute approximate surface area is 57.1 Å². The van der Waals surface area contributed by atoms with Crippen molar-refractivity contribution in [1.29, 1.82) is 0 Å². The number of hydrogen-bond donors (Lipinski definition) is 2. The van der Waals surface area contributed by atoms with Crippen molar-refractivity contribution in [3.63, 3.8) is 0 Å². The van der Waals surface area contributed by atoms with Crippen molar-refractivity contribution in [3.8, 4) is 12.2 Å². The molecule has 0 saturated carbocycles. The van der Waals surface area contributed by atoms with Crippen molar-refractivity contribution in [1.82, 2.24) is 0 Å². The van der Waals surface area contributed by atoms with Gasteiger partial charge >= 0.3 is 5.97 Å². The number of aliphatic carboxylic acids is 1. The van der Waals surface area contributed by atoms with Crippen molar-refractivity contribution in [3.05, 3.63) is 0 Å². The van der Waals surface area contributed by atoms with Crippen molar-refractivity contribution in [2.24, 2.45) is 0 Å². The molecular formula is C5H6O5. The van der Waals surface area contributed by atoms with Crippen LogP contribution in [0.15, 0.2) is 0 Å². The minimum absolute atomic E-state index is 0.0221. The molecule has 0 aromatic carbocycles. The minimum Gasteiger partial charge on any atom is -0.481 e. The Kier molecular flexibility index (Phi) is 4.91. The lowest BCUT2D eigenvalue weighted by Gasteiger charge is -1.90. The highest BCUT2D eigenvalue weighted by Crippen LogP contribution is 1.79. The number of carboxylic acid groups (broad SMARTS) is 1. The third-order valence-corrected chi connectivity index (χ3v) is 0.577. The van der Waals surface area contributed by atoms with Crippen LogP contribution in [0.4, 0.5) is 0 Å². The normalized spacial score (nSPS) is 7.30. The molecule has 0 aliphatic heterocycles. The first-order valence-electron chi connectivity index (χ1n) is 2.41. The Morgan fingerprint density at radius 2 is 2.20 bits per heavy atom. The van der Waals surface area contributed by atoms with Crippen molar-refractivity contribution < 1.29 is 24.8 Å². The van der Waals surface area contributed by atoms with Gasteiger partial charge in [0.25, 0.3) is 0 Å². The van der Waals surface area contributed by atoms with Gasteiger partial charge in [0.1, 0.15) is 6.61 Å². The number of carbonyl (C=O) groups is 1. The Bertz CT molecular complexity index is 153. The van der Waals surface area contributed by atoms with Gasteiger partial charge in [-0.1, -0.05) is 0 Å². The summed E-state index contributed by atoms with van der Waals surface area (Å²) in [6.45, 7) is -0.0221. The van der Waals surface area contributed by atoms with Crippen LogP contribution in [-0.4, -0.2) is 22.9 Å². The fourth-order valence-corrected chi connectivity index (χ4v) is 0.237. The number of carboxylic acids is 1. The van der Waals surface area contributed by atoms with Crippen LogP contribution in [0.3, 0.4) is 0 Å². The van der Waals surface area contributed by atoms with E-state index >= 15 is 0 Å². The van der Waals surface area contributed by atoms with Crippen LogP contribution in [0.2, 0.25) is 0 Å². The second-order valence-electron chi connectivity index (χ2n) is 1.29. The molecule has 0 bridgehead atoms. The number of rotatable bonds is 3. The van der Waals surface area contributed by atoms with E-state index in [0.29, 0.717) is 0 Å². The predicted octanol–water partition coefficient (Wildman–Crippen LogP) is -0.114. The Hall–Kier alpha value is -1.41. The molecule has 5 nitrogen and oxygen atoms in total. The summed E-state index contributed by atoms with van der Waals surface area (Å²) in [6.07, 6.45) is 3.49. The van der Waals surface area contributed by atoms with E-state index in [9.17, 15) is 4.79 Å². The van der Waals surface area contributed by atoms with E-state index in [-0.39, 0.29) is 13.0 Å². The van der Waals surface area contributed by atoms with Crippen LogP contribution in [-0.2, 0) is 14.4 Å². The van der Waals surface area contributed by atoms with Gasteiger partial charge < -0.3 is 9.84 Å². The standard InChI is InChI=1S/C5H6O5/c6-5(7)1-2-9-3-4-10-8/h8H,1-2H2,(H,6,7). The second-order valence-corrected chi connectivity index (χ2v) is 1.29. The van der Waals surface area contributed by atoms with Gasteiger partial charge in [-0.2, -0.15) is 5.26 Å². The molecule has 0 radical (unpaired) electrons. The Morgan fingerprint density at radius 1 is 1.50 bits per heavy atom. The molecule has 0 spiro atoms. The Morgan fingerprint density at radius 3 is 2.70 bits per heavy atom. The van der Waals surface area contributed by atoms with Crippen LogP contribution in [0.5, 0.6) is 0 Å². The van der Waals surface area contributed by atoms with Crippen LogP contribution < -0.4 is 0 Å². The molecule has 2 N–H and O–H groups in total. The van der Waals surface area contributed by atoms with Crippen LogP contribution in [0, 0.1) is 12.2 Å². The lowest BCUT2D eigenvalue weighted by Crippen LogP contribution is -1.99. The van der Waals surface area contributed by atoms with E-state index in [2.05, 4.69) is 9.62 Å². The van der Waals surface area contributed by atoms with E-state index in [1.165, 1.54) is 0 Å². The molecule has 0 aliphatic carbocycles. The van der Waals surface area contributed by atoms with Crippen LogP contribution in [0.1, 0.15) is 6.42 Å². The lowest BCUT2D eigenvalue weighted by molar-refractivity contribution is -0.172. The molecule has 56 valence electrons. The maximum Gasteiger partial charge on any atom is 0.306 e. The molecule has 0 atom stereocenters. The highest BCUT2D eigenvalue weighted by molar-refractivity contribution is 5.66. The maximum absolute atomic E-state index is 9.82. The monoisotopic (exact) mass is 146 g/mol. The summed E-state index contributed by atoms with van der Waals surface area (Å²) in [7, 11) is 0. The fraction of sp³-hybridized carbons (Fsp3) is 0.400. The molecule has 0 unspecified atom stereocenters. The zero-order valence-corrected chi connectivity index (χ0v) is 5.03. The molecular weight excluding hydrogens is 140 g/mol. The summed E-state index contributed by atoms with van der Waals surface area (Å²) in [6, 6.07) is 0. The second kappa shape index (κ2) is 5.72. The van der Waals surface area contributed by atoms with E-state index in [4.69, 9.17) is 10.4 Å². The molecule has 0 fully saturated rings. The zero-order chi connectivity index (χ0) is 7.82. The minimum atomic E-state index is -0.966. The van der Waals surface area contributed by atoms with E-state index in [1.54, 1.807) is 6.11 Å². The van der Waals surface area contributed by atoms with Crippen molar-refractivity contribution >= 4 is 5.97 Å². The number of hydrogen-bond acceptors (Lipinski definition) is 4. The van der Waals surface area contributed by atoms with E-state index < -0.39 is 5.97 Å². The van der Waals surface area contributed by atoms with Gasteiger partial charge in [-0.05, 0) is 0 Å². The zero-order valence-electron chi connectivity index (χ0n) is 5.03. The van der Waals surface area contributed by atoms with Crippen molar-refractivity contribution in [2.45, 2.75) is 6.42 Å². The summed E-state index contributed by atoms with van der Waals surface area (Å²) < 4.78 is 4.36. The van der Waals surface area contributed by atoms with Crippen LogP contribution >= 0.6 is 0 Å². The lowest BCUT2D eigenvalue weighted by atomic mass is 10.5. The van der Waals surface area contributed by atoms with Crippen LogP contribution in [0.25, 0.3) is 0 Å². The highest BCUT2D eigenvalue weighted by atomic mass is 17.1. The third-order valence-electron chi connectivity index (χ3n) is 0.577. The van der Waals surface area contributed by atoms with Gasteiger partial charge in [0.15, 0.2) is 6.11 Å². The third kappa shape index (κ3) is 6.59. The molecule has 0 aromatic heterocycles. The molecule has 0 heterocycles. The molecule has 0 rings (SSSR count). The molecule has 0 aromatic rings. The first kappa shape index (κ1) is 8.59. The SMILES string of the molecule is O=C(O)CCOC#COO. The van der Waals surface area contributed by atoms with Gasteiger partial charge in [0, 0.05) is 0 Å². The average Bonchev–Trinajstić information content (AvgIpc) is 1.87. The summed E-state index contributed by atoms with van der Waals surface area (Å²) >= 11 is 0. The average molecular weight is 146 g/mol. The molecule has 0 saturated heterocycles. The van der Waals surface area contributed by atoms with E-state index in [0.717, 1.165) is 0 Å². The van der Waals surface area contributed by atoms with E-state index in [1.807, 2.05) is 6.11 Å². The maximum atomic E-state index is 9.82. The van der Waals surface area contributed by atoms with Crippen molar-refractivity contribution in [2.75, 3.05) is 6.61 Å². The summed E-state index contributed by atoms with van der Waals surface area (Å²) in [5.74, 6) is -0.966. The Balaban J connectivity index is 3.13. The van der Waals surface area contributed by atoms with Gasteiger partial charge in [0.05, 0.1) is 6.42 Å². The number of ether oxygens (including phenoxy) is 1. The summed E-state index contributed by atoms with van der Waals surface area (Å²) in [5, 5.41) is 15.7. The largest absolute Gasteiger partial charge is 0.481 e. The first-order chi connectivity index (χ1) is 4.77. The van der Waals surface area contributed by atoms with Gasteiger partial charge in [0.2, 0.25) is 6.11 Å². The van der Waals surface area contributed by atoms with Gasteiger partial charge in [-0.25, -0.2) is 0 Å². The topological polar surface area (TPSA) is 76.0 Å². The molecule has 0 aliphatic rings. The fourth-order valence-electron chi connectivity index (χ4n) is 0.237. The first-order valence-corrected chi connectivity index (χ1v) is 2.41.